The number of nitrogens with zero attached hydrogens (tertiary/aromatic N) is 3. The van der Waals surface area contributed by atoms with Crippen molar-refractivity contribution in [2.24, 2.45) is 0 Å². The molecule has 0 spiro atoms. The van der Waals surface area contributed by atoms with Crippen LogP contribution >= 0.6 is 11.8 Å². The second-order valence-electron chi connectivity index (χ2n) is 9.20. The molecule has 2 N–H and O–H groups in total. The van der Waals surface area contributed by atoms with Crippen LogP contribution < -0.4 is 20.1 Å². The van der Waals surface area contributed by atoms with E-state index in [0.717, 1.165) is 23.9 Å². The Hall–Kier alpha value is -5.05. The van der Waals surface area contributed by atoms with Crippen LogP contribution in [0.3, 0.4) is 0 Å². The third-order valence-electron chi connectivity index (χ3n) is 6.16. The second-order valence-corrected chi connectivity index (χ2v) is 10.1. The summed E-state index contributed by atoms with van der Waals surface area (Å²) in [6.45, 7) is 1.71. The van der Waals surface area contributed by atoms with E-state index in [1.807, 2.05) is 0 Å². The van der Waals surface area contributed by atoms with Gasteiger partial charge >= 0.3 is 12.1 Å². The Balaban J connectivity index is 1.54. The fourth-order valence-electron chi connectivity index (χ4n) is 4.02. The number of halogens is 3. The Labute approximate surface area is 260 Å². The van der Waals surface area contributed by atoms with Gasteiger partial charge in [0.1, 0.15) is 11.5 Å². The van der Waals surface area contributed by atoms with E-state index in [1.54, 1.807) is 25.1 Å². The minimum absolute atomic E-state index is 0.0829. The Bertz CT molecular complexity index is 1660. The third kappa shape index (κ3) is 8.53. The van der Waals surface area contributed by atoms with Crippen molar-refractivity contribution in [3.05, 3.63) is 89.2 Å². The molecule has 0 bridgehead atoms. The molecule has 0 aliphatic carbocycles. The zero-order valence-corrected chi connectivity index (χ0v) is 25.1. The van der Waals surface area contributed by atoms with Gasteiger partial charge in [-0.15, -0.1) is 10.2 Å². The fourth-order valence-corrected chi connectivity index (χ4v) is 4.79. The molecular formula is C30H28F3N5O6S. The number of carbonyl (C=O) groups excluding carboxylic acids is 3. The Morgan fingerprint density at radius 3 is 2.22 bits per heavy atom. The van der Waals surface area contributed by atoms with E-state index in [-0.39, 0.29) is 41.1 Å². The van der Waals surface area contributed by atoms with Crippen molar-refractivity contribution in [3.63, 3.8) is 0 Å². The summed E-state index contributed by atoms with van der Waals surface area (Å²) in [6.07, 6.45) is -4.61. The lowest BCUT2D eigenvalue weighted by molar-refractivity contribution is -0.137. The standard InChI is InChI=1S/C30H28F3N5O6S/c1-4-44-28(41)18-8-10-21(11-9-18)35-26(39)17-45-29-37-36-25(38(29)22-7-5-6-20(14-22)30(31,32)33)16-34-27(40)19-12-23(42-2)15-24(13-19)43-3/h5-15H,4,16-17H2,1-3H3,(H,34,40)(H,35,39). The van der Waals surface area contributed by atoms with E-state index in [4.69, 9.17) is 14.2 Å². The SMILES string of the molecule is CCOC(=O)c1ccc(NC(=O)CSc2nnc(CNC(=O)c3cc(OC)cc(OC)c3)n2-c2cccc(C(F)(F)F)c2)cc1. The summed E-state index contributed by atoms with van der Waals surface area (Å²) in [5, 5.41) is 13.7. The van der Waals surface area contributed by atoms with E-state index >= 15 is 0 Å². The number of anilines is 1. The molecule has 1 heterocycles. The van der Waals surface area contributed by atoms with Crippen LogP contribution in [0.15, 0.2) is 71.9 Å². The average molecular weight is 644 g/mol. The largest absolute Gasteiger partial charge is 0.497 e. The number of nitrogens with one attached hydrogen (secondary N) is 2. The summed E-state index contributed by atoms with van der Waals surface area (Å²) >= 11 is 0.935. The van der Waals surface area contributed by atoms with Crippen LogP contribution in [0, 0.1) is 0 Å². The lowest BCUT2D eigenvalue weighted by Gasteiger charge is -2.14. The number of thioether (sulfide) groups is 1. The number of ether oxygens (including phenoxy) is 3. The topological polar surface area (TPSA) is 134 Å². The van der Waals surface area contributed by atoms with Crippen LogP contribution in [-0.4, -0.2) is 59.1 Å². The van der Waals surface area contributed by atoms with Crippen molar-refractivity contribution in [2.45, 2.75) is 24.8 Å². The number of hydrogen-bond donors (Lipinski definition) is 2. The molecule has 0 aliphatic rings. The lowest BCUT2D eigenvalue weighted by Crippen LogP contribution is -2.25. The first kappa shape index (κ1) is 32.9. The van der Waals surface area contributed by atoms with Gasteiger partial charge in [-0.1, -0.05) is 17.8 Å². The monoisotopic (exact) mass is 643 g/mol. The third-order valence-corrected chi connectivity index (χ3v) is 7.09. The van der Waals surface area contributed by atoms with Gasteiger partial charge in [0.2, 0.25) is 5.91 Å². The van der Waals surface area contributed by atoms with Gasteiger partial charge in [-0.25, -0.2) is 4.79 Å². The molecule has 4 rings (SSSR count). The maximum Gasteiger partial charge on any atom is 0.416 e. The zero-order valence-electron chi connectivity index (χ0n) is 24.3. The molecular weight excluding hydrogens is 615 g/mol. The van der Waals surface area contributed by atoms with E-state index < -0.39 is 29.5 Å². The summed E-state index contributed by atoms with van der Waals surface area (Å²) < 4.78 is 57.3. The highest BCUT2D eigenvalue weighted by Crippen LogP contribution is 2.32. The maximum absolute atomic E-state index is 13.5. The molecule has 1 aromatic heterocycles. The van der Waals surface area contributed by atoms with E-state index in [1.165, 1.54) is 55.2 Å². The van der Waals surface area contributed by atoms with Gasteiger partial charge in [0.05, 0.1) is 49.9 Å². The highest BCUT2D eigenvalue weighted by molar-refractivity contribution is 7.99. The number of alkyl halides is 3. The first-order valence-corrected chi connectivity index (χ1v) is 14.3. The summed E-state index contributed by atoms with van der Waals surface area (Å²) in [5.74, 6) is -0.730. The number of esters is 1. The van der Waals surface area contributed by atoms with Crippen LogP contribution in [0.5, 0.6) is 11.5 Å². The van der Waals surface area contributed by atoms with Crippen molar-refractivity contribution < 1.29 is 41.8 Å². The molecule has 11 nitrogen and oxygen atoms in total. The predicted octanol–water partition coefficient (Wildman–Crippen LogP) is 5.14. The maximum atomic E-state index is 13.5. The Morgan fingerprint density at radius 2 is 1.60 bits per heavy atom. The quantitative estimate of drug-likeness (QED) is 0.159. The van der Waals surface area contributed by atoms with Gasteiger partial charge in [-0.2, -0.15) is 13.2 Å². The number of rotatable bonds is 12. The van der Waals surface area contributed by atoms with E-state index in [0.29, 0.717) is 22.7 Å². The molecule has 236 valence electrons. The molecule has 0 fully saturated rings. The second kappa shape index (κ2) is 14.6. The number of carbonyl (C=O) groups is 3. The number of methoxy groups -OCH3 is 2. The van der Waals surface area contributed by atoms with Crippen LogP contribution in [0.1, 0.15) is 39.0 Å². The Morgan fingerprint density at radius 1 is 0.911 bits per heavy atom. The van der Waals surface area contributed by atoms with Crippen LogP contribution in [-0.2, 0) is 22.3 Å². The van der Waals surface area contributed by atoms with Gasteiger partial charge in [-0.05, 0) is 61.5 Å². The number of amides is 2. The van der Waals surface area contributed by atoms with E-state index in [2.05, 4.69) is 20.8 Å². The molecule has 0 radical (unpaired) electrons. The normalized spacial score (nSPS) is 11.1. The molecule has 0 atom stereocenters. The van der Waals surface area contributed by atoms with Gasteiger partial charge < -0.3 is 24.8 Å². The van der Waals surface area contributed by atoms with Gasteiger partial charge in [0, 0.05) is 17.3 Å². The first-order valence-electron chi connectivity index (χ1n) is 13.4. The molecule has 0 unspecified atom stereocenters. The molecule has 0 saturated carbocycles. The van der Waals surface area contributed by atoms with Crippen molar-refractivity contribution in [3.8, 4) is 17.2 Å². The summed E-state index contributed by atoms with van der Waals surface area (Å²) in [5.41, 5.74) is 0.152. The zero-order chi connectivity index (χ0) is 32.6. The van der Waals surface area contributed by atoms with Gasteiger partial charge in [-0.3, -0.25) is 14.2 Å². The highest BCUT2D eigenvalue weighted by atomic mass is 32.2. The Kier molecular flexibility index (Phi) is 10.7. The molecule has 4 aromatic rings. The highest BCUT2D eigenvalue weighted by Gasteiger charge is 2.31. The van der Waals surface area contributed by atoms with Crippen molar-refractivity contribution >= 4 is 35.2 Å². The first-order chi connectivity index (χ1) is 21.5. The van der Waals surface area contributed by atoms with Crippen LogP contribution in [0.2, 0.25) is 0 Å². The predicted molar refractivity (Wildman–Crippen MR) is 159 cm³/mol. The number of aromatic nitrogens is 3. The molecule has 0 aliphatic heterocycles. The molecule has 45 heavy (non-hydrogen) atoms. The molecule has 3 aromatic carbocycles. The number of benzene rings is 3. The molecule has 15 heteroatoms. The average Bonchev–Trinajstić information content (AvgIpc) is 3.45. The smallest absolute Gasteiger partial charge is 0.416 e. The van der Waals surface area contributed by atoms with Gasteiger partial charge in [0.15, 0.2) is 11.0 Å². The summed E-state index contributed by atoms with van der Waals surface area (Å²) in [7, 11) is 2.88. The lowest BCUT2D eigenvalue weighted by atomic mass is 10.2. The molecule has 0 saturated heterocycles. The minimum Gasteiger partial charge on any atom is -0.497 e. The fraction of sp³-hybridized carbons (Fsp3) is 0.233. The number of hydrogen-bond acceptors (Lipinski definition) is 9. The van der Waals surface area contributed by atoms with Crippen LogP contribution in [0.4, 0.5) is 18.9 Å². The summed E-state index contributed by atoms with van der Waals surface area (Å²) in [6, 6.07) is 15.2. The van der Waals surface area contributed by atoms with Crippen LogP contribution in [0.25, 0.3) is 5.69 Å². The minimum atomic E-state index is -4.61. The van der Waals surface area contributed by atoms with E-state index in [9.17, 15) is 27.6 Å². The van der Waals surface area contributed by atoms with Crippen molar-refractivity contribution in [1.82, 2.24) is 20.1 Å². The summed E-state index contributed by atoms with van der Waals surface area (Å²) in [4.78, 5) is 37.5. The van der Waals surface area contributed by atoms with Gasteiger partial charge in [0.25, 0.3) is 5.91 Å². The van der Waals surface area contributed by atoms with Crippen molar-refractivity contribution in [1.29, 1.82) is 0 Å². The van der Waals surface area contributed by atoms with Crippen molar-refractivity contribution in [2.75, 3.05) is 31.9 Å². The molecule has 2 amide bonds.